The van der Waals surface area contributed by atoms with E-state index in [4.69, 9.17) is 4.74 Å². The molecule has 0 atom stereocenters. The van der Waals surface area contributed by atoms with Crippen LogP contribution in [0.15, 0.2) is 55.3 Å². The third kappa shape index (κ3) is 6.68. The third-order valence-corrected chi connectivity index (χ3v) is 2.30. The van der Waals surface area contributed by atoms with Crippen LogP contribution in [-0.2, 0) is 9.53 Å². The van der Waals surface area contributed by atoms with E-state index >= 15 is 0 Å². The number of benzene rings is 1. The number of carbonyl (C=O) groups is 1. The Hall–Kier alpha value is -2.77. The van der Waals surface area contributed by atoms with Crippen LogP contribution in [0.4, 0.5) is 23.2 Å². The molecular weight excluding hydrogens is 318 g/mol. The van der Waals surface area contributed by atoms with Crippen molar-refractivity contribution in [2.45, 2.75) is 6.36 Å². The summed E-state index contributed by atoms with van der Waals surface area (Å²) in [5, 5.41) is 2.08. The van der Waals surface area contributed by atoms with Crippen LogP contribution < -0.4 is 10.1 Å². The number of hydrogen-bond acceptors (Lipinski definition) is 3. The monoisotopic (exact) mass is 331 g/mol. The first kappa shape index (κ1) is 18.3. The maximum Gasteiger partial charge on any atom is 0.573 e. The summed E-state index contributed by atoms with van der Waals surface area (Å²) in [6.07, 6.45) is -0.741. The Morgan fingerprint density at radius 3 is 2.57 bits per heavy atom. The van der Waals surface area contributed by atoms with Gasteiger partial charge in [0.1, 0.15) is 17.3 Å². The molecule has 0 radical (unpaired) electrons. The van der Waals surface area contributed by atoms with Crippen LogP contribution in [-0.4, -0.2) is 18.9 Å². The van der Waals surface area contributed by atoms with Crippen LogP contribution in [0.3, 0.4) is 0 Å². The van der Waals surface area contributed by atoms with Gasteiger partial charge in [0.2, 0.25) is 0 Å². The Kier molecular flexibility index (Phi) is 6.37. The minimum atomic E-state index is -4.92. The summed E-state index contributed by atoms with van der Waals surface area (Å²) in [4.78, 5) is 11.6. The van der Waals surface area contributed by atoms with E-state index in [0.717, 1.165) is 12.1 Å². The number of halogens is 4. The van der Waals surface area contributed by atoms with E-state index < -0.39 is 36.1 Å². The van der Waals surface area contributed by atoms with Crippen LogP contribution in [0.2, 0.25) is 0 Å². The second-order valence-corrected chi connectivity index (χ2v) is 4.04. The van der Waals surface area contributed by atoms with Crippen molar-refractivity contribution in [2.75, 3.05) is 11.9 Å². The van der Waals surface area contributed by atoms with Gasteiger partial charge < -0.3 is 14.8 Å². The first-order valence-corrected chi connectivity index (χ1v) is 6.18. The van der Waals surface area contributed by atoms with Gasteiger partial charge in [-0.15, -0.1) is 13.2 Å². The van der Waals surface area contributed by atoms with Gasteiger partial charge in [-0.05, 0) is 24.3 Å². The molecule has 1 amide bonds. The average molecular weight is 331 g/mol. The zero-order valence-corrected chi connectivity index (χ0v) is 11.8. The summed E-state index contributed by atoms with van der Waals surface area (Å²) in [6, 6.07) is 2.25. The molecule has 0 spiro atoms. The summed E-state index contributed by atoms with van der Waals surface area (Å²) >= 11 is 0. The number of allylic oxidation sites excluding steroid dienone is 3. The number of amides is 1. The van der Waals surface area contributed by atoms with Crippen LogP contribution in [0.5, 0.6) is 5.75 Å². The van der Waals surface area contributed by atoms with Gasteiger partial charge in [-0.1, -0.05) is 19.2 Å². The minimum Gasteiger partial charge on any atom is -0.484 e. The fourth-order valence-corrected chi connectivity index (χ4v) is 1.42. The number of rotatable bonds is 7. The summed E-state index contributed by atoms with van der Waals surface area (Å²) in [6.45, 7) is 6.39. The number of hydrogen-bond donors (Lipinski definition) is 1. The fraction of sp³-hybridized carbons (Fsp3) is 0.133. The fourth-order valence-electron chi connectivity index (χ4n) is 1.42. The van der Waals surface area contributed by atoms with Gasteiger partial charge in [-0.25, -0.2) is 4.39 Å². The largest absolute Gasteiger partial charge is 0.573 e. The molecule has 1 aromatic carbocycles. The SMILES string of the molecule is C=C/C=C(\C=C)OCC(=O)Nc1cc(OC(F)(F)F)ccc1F. The van der Waals surface area contributed by atoms with Crippen molar-refractivity contribution in [3.8, 4) is 5.75 Å². The van der Waals surface area contributed by atoms with Gasteiger partial charge >= 0.3 is 6.36 Å². The van der Waals surface area contributed by atoms with Crippen LogP contribution in [0, 0.1) is 5.82 Å². The molecule has 0 aliphatic carbocycles. The van der Waals surface area contributed by atoms with Crippen LogP contribution in [0.1, 0.15) is 0 Å². The first-order valence-electron chi connectivity index (χ1n) is 6.18. The van der Waals surface area contributed by atoms with Crippen molar-refractivity contribution < 1.29 is 31.8 Å². The average Bonchev–Trinajstić information content (AvgIpc) is 2.45. The van der Waals surface area contributed by atoms with E-state index in [1.807, 2.05) is 0 Å². The Balaban J connectivity index is 2.74. The van der Waals surface area contributed by atoms with Gasteiger partial charge in [0.25, 0.3) is 5.91 Å². The number of alkyl halides is 3. The predicted molar refractivity (Wildman–Crippen MR) is 76.1 cm³/mol. The number of nitrogens with one attached hydrogen (secondary N) is 1. The Morgan fingerprint density at radius 1 is 1.30 bits per heavy atom. The molecule has 1 aromatic rings. The third-order valence-electron chi connectivity index (χ3n) is 2.30. The minimum absolute atomic E-state index is 0.254. The Labute approximate surface area is 129 Å². The molecule has 0 aliphatic rings. The molecule has 0 aliphatic heterocycles. The highest BCUT2D eigenvalue weighted by atomic mass is 19.4. The lowest BCUT2D eigenvalue weighted by molar-refractivity contribution is -0.274. The molecule has 23 heavy (non-hydrogen) atoms. The standard InChI is InChI=1S/C15H13F4NO3/c1-3-5-10(4-2)22-9-14(21)20-13-8-11(6-7-12(13)16)23-15(17,18)19/h3-8H,1-2,9H2,(H,20,21)/b10-5+. The molecule has 0 heterocycles. The first-order chi connectivity index (χ1) is 10.7. The second-order valence-electron chi connectivity index (χ2n) is 4.04. The van der Waals surface area contributed by atoms with E-state index in [0.29, 0.717) is 6.07 Å². The van der Waals surface area contributed by atoms with E-state index in [1.54, 1.807) is 0 Å². The van der Waals surface area contributed by atoms with Crippen molar-refractivity contribution in [3.05, 3.63) is 61.2 Å². The zero-order chi connectivity index (χ0) is 17.5. The Bertz CT molecular complexity index is 624. The van der Waals surface area contributed by atoms with Crippen molar-refractivity contribution in [1.82, 2.24) is 0 Å². The molecule has 1 N–H and O–H groups in total. The number of anilines is 1. The van der Waals surface area contributed by atoms with Crippen LogP contribution in [0.25, 0.3) is 0 Å². The van der Waals surface area contributed by atoms with E-state index in [-0.39, 0.29) is 5.76 Å². The van der Waals surface area contributed by atoms with Crippen molar-refractivity contribution in [3.63, 3.8) is 0 Å². The van der Waals surface area contributed by atoms with Gasteiger partial charge in [-0.3, -0.25) is 4.79 Å². The summed E-state index contributed by atoms with van der Waals surface area (Å²) < 4.78 is 58.5. The lowest BCUT2D eigenvalue weighted by Gasteiger charge is -2.12. The zero-order valence-electron chi connectivity index (χ0n) is 11.8. The smallest absolute Gasteiger partial charge is 0.484 e. The predicted octanol–water partition coefficient (Wildman–Crippen LogP) is 3.94. The van der Waals surface area contributed by atoms with Crippen molar-refractivity contribution >= 4 is 11.6 Å². The lowest BCUT2D eigenvalue weighted by Crippen LogP contribution is -2.20. The number of carbonyl (C=O) groups excluding carboxylic acids is 1. The van der Waals surface area contributed by atoms with E-state index in [9.17, 15) is 22.4 Å². The molecule has 0 aromatic heterocycles. The highest BCUT2D eigenvalue weighted by Gasteiger charge is 2.31. The van der Waals surface area contributed by atoms with Crippen molar-refractivity contribution in [2.24, 2.45) is 0 Å². The highest BCUT2D eigenvalue weighted by molar-refractivity contribution is 5.92. The van der Waals surface area contributed by atoms with E-state index in [1.165, 1.54) is 18.2 Å². The molecule has 0 saturated heterocycles. The van der Waals surface area contributed by atoms with Gasteiger partial charge in [0.15, 0.2) is 6.61 Å². The summed E-state index contributed by atoms with van der Waals surface area (Å²) in [5.41, 5.74) is -0.465. The van der Waals surface area contributed by atoms with Gasteiger partial charge in [-0.2, -0.15) is 0 Å². The molecule has 0 saturated carbocycles. The van der Waals surface area contributed by atoms with Gasteiger partial charge in [0.05, 0.1) is 5.69 Å². The highest BCUT2D eigenvalue weighted by Crippen LogP contribution is 2.27. The molecular formula is C15H13F4NO3. The molecule has 0 fully saturated rings. The molecule has 124 valence electrons. The normalized spacial score (nSPS) is 11.6. The molecule has 8 heteroatoms. The van der Waals surface area contributed by atoms with E-state index in [2.05, 4.69) is 23.2 Å². The molecule has 0 unspecified atom stereocenters. The molecule has 0 bridgehead atoms. The lowest BCUT2D eigenvalue weighted by atomic mass is 10.3. The Morgan fingerprint density at radius 2 is 2.00 bits per heavy atom. The summed E-state index contributed by atoms with van der Waals surface area (Å²) in [7, 11) is 0. The maximum absolute atomic E-state index is 13.5. The molecule has 1 rings (SSSR count). The topological polar surface area (TPSA) is 47.6 Å². The maximum atomic E-state index is 13.5. The number of ether oxygens (including phenoxy) is 2. The van der Waals surface area contributed by atoms with Crippen LogP contribution >= 0.6 is 0 Å². The quantitative estimate of drug-likeness (QED) is 0.468. The summed E-state index contributed by atoms with van der Waals surface area (Å²) in [5.74, 6) is -2.10. The van der Waals surface area contributed by atoms with Gasteiger partial charge in [0, 0.05) is 6.07 Å². The molecule has 4 nitrogen and oxygen atoms in total. The second kappa shape index (κ2) is 8.02. The van der Waals surface area contributed by atoms with Crippen molar-refractivity contribution in [1.29, 1.82) is 0 Å².